The first-order valence-corrected chi connectivity index (χ1v) is 9.43. The van der Waals surface area contributed by atoms with Gasteiger partial charge in [-0.15, -0.1) is 0 Å². The van der Waals surface area contributed by atoms with Crippen molar-refractivity contribution in [3.05, 3.63) is 48.4 Å². The number of fused-ring (bicyclic) bond motifs is 1. The van der Waals surface area contributed by atoms with Crippen molar-refractivity contribution < 1.29 is 9.47 Å². The van der Waals surface area contributed by atoms with Crippen LogP contribution in [0.5, 0.6) is 0 Å². The number of aromatic amines is 1. The number of ether oxygens (including phenoxy) is 2. The normalized spacial score (nSPS) is 21.2. The standard InChI is InChI=1S/C20H25N5O2/c1-26-18(14-5-3-2-4-6-14)12-27-16-9-7-15(8-10-16)24-19-17-11-23-25-20(17)22-13-21-19/h2-6,11,13,15-16,18H,7-10,12H2,1H3,(H2,21,22,23,24,25)/t15?,16?,18-/m1/s1. The molecule has 0 spiro atoms. The van der Waals surface area contributed by atoms with Crippen molar-refractivity contribution in [3.8, 4) is 0 Å². The lowest BCUT2D eigenvalue weighted by atomic mass is 9.93. The number of nitrogens with zero attached hydrogens (tertiary/aromatic N) is 3. The van der Waals surface area contributed by atoms with Crippen molar-refractivity contribution in [3.63, 3.8) is 0 Å². The second-order valence-corrected chi connectivity index (χ2v) is 6.94. The van der Waals surface area contributed by atoms with E-state index >= 15 is 0 Å². The molecule has 7 nitrogen and oxygen atoms in total. The number of rotatable bonds is 7. The number of methoxy groups -OCH3 is 1. The fourth-order valence-electron chi connectivity index (χ4n) is 3.64. The molecule has 0 unspecified atom stereocenters. The first-order valence-electron chi connectivity index (χ1n) is 9.43. The predicted molar refractivity (Wildman–Crippen MR) is 103 cm³/mol. The smallest absolute Gasteiger partial charge is 0.160 e. The maximum absolute atomic E-state index is 6.15. The van der Waals surface area contributed by atoms with Crippen LogP contribution in [-0.2, 0) is 9.47 Å². The zero-order chi connectivity index (χ0) is 18.5. The SMILES string of the molecule is CO[C@H](COC1CCC(Nc2ncnc3[nH]ncc23)CC1)c1ccccc1. The average molecular weight is 367 g/mol. The van der Waals surface area contributed by atoms with Gasteiger partial charge in [0.15, 0.2) is 5.65 Å². The zero-order valence-electron chi connectivity index (χ0n) is 15.5. The molecular weight excluding hydrogens is 342 g/mol. The molecular formula is C20H25N5O2. The third-order valence-corrected chi connectivity index (χ3v) is 5.20. The van der Waals surface area contributed by atoms with Crippen molar-refractivity contribution in [2.24, 2.45) is 0 Å². The summed E-state index contributed by atoms with van der Waals surface area (Å²) in [4.78, 5) is 8.55. The van der Waals surface area contributed by atoms with Crippen molar-refractivity contribution in [1.29, 1.82) is 0 Å². The van der Waals surface area contributed by atoms with Gasteiger partial charge >= 0.3 is 0 Å². The highest BCUT2D eigenvalue weighted by Gasteiger charge is 2.24. The molecule has 2 N–H and O–H groups in total. The molecule has 1 aliphatic rings. The molecule has 0 bridgehead atoms. The molecule has 1 aliphatic carbocycles. The molecule has 3 aromatic rings. The van der Waals surface area contributed by atoms with Gasteiger partial charge in [0.2, 0.25) is 0 Å². The van der Waals surface area contributed by atoms with Gasteiger partial charge < -0.3 is 14.8 Å². The van der Waals surface area contributed by atoms with Gasteiger partial charge in [0.1, 0.15) is 18.2 Å². The molecule has 0 aliphatic heterocycles. The third kappa shape index (κ3) is 4.26. The predicted octanol–water partition coefficient (Wildman–Crippen LogP) is 3.48. The van der Waals surface area contributed by atoms with E-state index in [0.717, 1.165) is 48.1 Å². The minimum atomic E-state index is -0.0163. The minimum absolute atomic E-state index is 0.0163. The first kappa shape index (κ1) is 17.9. The Morgan fingerprint density at radius 2 is 1.96 bits per heavy atom. The second-order valence-electron chi connectivity index (χ2n) is 6.94. The molecule has 4 rings (SSSR count). The first-order chi connectivity index (χ1) is 13.3. The molecule has 1 atom stereocenters. The summed E-state index contributed by atoms with van der Waals surface area (Å²) in [5, 5.41) is 11.4. The maximum atomic E-state index is 6.15. The number of aromatic nitrogens is 4. The number of H-pyrrole nitrogens is 1. The molecule has 1 saturated carbocycles. The lowest BCUT2D eigenvalue weighted by Crippen LogP contribution is -2.31. The molecule has 7 heteroatoms. The van der Waals surface area contributed by atoms with E-state index in [2.05, 4.69) is 37.6 Å². The van der Waals surface area contributed by atoms with Crippen LogP contribution < -0.4 is 5.32 Å². The lowest BCUT2D eigenvalue weighted by Gasteiger charge is -2.30. The summed E-state index contributed by atoms with van der Waals surface area (Å²) in [5.74, 6) is 0.849. The fourth-order valence-corrected chi connectivity index (χ4v) is 3.64. The molecule has 1 aromatic carbocycles. The number of nitrogens with one attached hydrogen (secondary N) is 2. The summed E-state index contributed by atoms with van der Waals surface area (Å²) in [5.41, 5.74) is 1.92. The summed E-state index contributed by atoms with van der Waals surface area (Å²) in [6.07, 6.45) is 7.76. The molecule has 2 aromatic heterocycles. The van der Waals surface area contributed by atoms with Crippen LogP contribution in [0.15, 0.2) is 42.9 Å². The van der Waals surface area contributed by atoms with E-state index in [1.807, 2.05) is 18.2 Å². The highest BCUT2D eigenvalue weighted by molar-refractivity contribution is 5.85. The van der Waals surface area contributed by atoms with Crippen LogP contribution >= 0.6 is 0 Å². The largest absolute Gasteiger partial charge is 0.375 e. The highest BCUT2D eigenvalue weighted by Crippen LogP contribution is 2.27. The van der Waals surface area contributed by atoms with Crippen LogP contribution in [0, 0.1) is 0 Å². The van der Waals surface area contributed by atoms with E-state index in [9.17, 15) is 0 Å². The van der Waals surface area contributed by atoms with E-state index in [-0.39, 0.29) is 12.2 Å². The van der Waals surface area contributed by atoms with Gasteiger partial charge in [-0.25, -0.2) is 9.97 Å². The summed E-state index contributed by atoms with van der Waals surface area (Å²) in [7, 11) is 1.74. The molecule has 0 saturated heterocycles. The van der Waals surface area contributed by atoms with E-state index < -0.39 is 0 Å². The topological polar surface area (TPSA) is 85.0 Å². The summed E-state index contributed by atoms with van der Waals surface area (Å²) < 4.78 is 11.8. The van der Waals surface area contributed by atoms with Crippen molar-refractivity contribution in [2.75, 3.05) is 19.0 Å². The van der Waals surface area contributed by atoms with E-state index in [1.165, 1.54) is 0 Å². The Morgan fingerprint density at radius 3 is 2.74 bits per heavy atom. The molecule has 0 radical (unpaired) electrons. The van der Waals surface area contributed by atoms with E-state index in [4.69, 9.17) is 9.47 Å². The van der Waals surface area contributed by atoms with Crippen molar-refractivity contribution in [1.82, 2.24) is 20.2 Å². The number of hydrogen-bond donors (Lipinski definition) is 2. The van der Waals surface area contributed by atoms with E-state index in [1.54, 1.807) is 19.6 Å². The Kier molecular flexibility index (Phi) is 5.60. The summed E-state index contributed by atoms with van der Waals surface area (Å²) >= 11 is 0. The van der Waals surface area contributed by atoms with Crippen LogP contribution in [0.3, 0.4) is 0 Å². The minimum Gasteiger partial charge on any atom is -0.375 e. The molecule has 27 heavy (non-hydrogen) atoms. The Balaban J connectivity index is 1.27. The Hall–Kier alpha value is -2.51. The monoisotopic (exact) mass is 367 g/mol. The fraction of sp³-hybridized carbons (Fsp3) is 0.450. The van der Waals surface area contributed by atoms with Gasteiger partial charge in [0.05, 0.1) is 24.3 Å². The van der Waals surface area contributed by atoms with Crippen LogP contribution in [-0.4, -0.2) is 46.0 Å². The Bertz CT molecular complexity index is 846. The van der Waals surface area contributed by atoms with Crippen LogP contribution in [0.1, 0.15) is 37.4 Å². The van der Waals surface area contributed by atoms with Crippen LogP contribution in [0.25, 0.3) is 11.0 Å². The number of hydrogen-bond acceptors (Lipinski definition) is 6. The maximum Gasteiger partial charge on any atom is 0.160 e. The van der Waals surface area contributed by atoms with Crippen molar-refractivity contribution >= 4 is 16.9 Å². The van der Waals surface area contributed by atoms with Gasteiger partial charge in [0.25, 0.3) is 0 Å². The molecule has 0 amide bonds. The van der Waals surface area contributed by atoms with Gasteiger partial charge in [-0.05, 0) is 31.2 Å². The number of benzene rings is 1. The van der Waals surface area contributed by atoms with Crippen molar-refractivity contribution in [2.45, 2.75) is 43.9 Å². The second kappa shape index (κ2) is 8.45. The molecule has 1 fully saturated rings. The Morgan fingerprint density at radius 1 is 1.15 bits per heavy atom. The highest BCUT2D eigenvalue weighted by atomic mass is 16.5. The Labute approximate surface area is 158 Å². The van der Waals surface area contributed by atoms with Gasteiger partial charge in [-0.3, -0.25) is 5.10 Å². The quantitative estimate of drug-likeness (QED) is 0.665. The lowest BCUT2D eigenvalue weighted by molar-refractivity contribution is -0.0407. The van der Waals surface area contributed by atoms with Gasteiger partial charge in [0, 0.05) is 13.2 Å². The summed E-state index contributed by atoms with van der Waals surface area (Å²) in [6.45, 7) is 0.588. The van der Waals surface area contributed by atoms with Crippen LogP contribution in [0.4, 0.5) is 5.82 Å². The molecule has 2 heterocycles. The average Bonchev–Trinajstić information content (AvgIpc) is 3.20. The summed E-state index contributed by atoms with van der Waals surface area (Å²) in [6, 6.07) is 10.6. The van der Waals surface area contributed by atoms with Gasteiger partial charge in [-0.2, -0.15) is 5.10 Å². The number of anilines is 1. The van der Waals surface area contributed by atoms with Crippen LogP contribution in [0.2, 0.25) is 0 Å². The molecule has 142 valence electrons. The zero-order valence-corrected chi connectivity index (χ0v) is 15.5. The van der Waals surface area contributed by atoms with E-state index in [0.29, 0.717) is 12.6 Å². The van der Waals surface area contributed by atoms with Gasteiger partial charge in [-0.1, -0.05) is 30.3 Å². The third-order valence-electron chi connectivity index (χ3n) is 5.20.